The Hall–Kier alpha value is -2.56. The molecule has 0 fully saturated rings. The Bertz CT molecular complexity index is 702. The van der Waals surface area contributed by atoms with Crippen molar-refractivity contribution in [2.24, 2.45) is 5.92 Å². The molecule has 1 aliphatic rings. The lowest BCUT2D eigenvalue weighted by Crippen LogP contribution is -2.35. The molecule has 0 aliphatic carbocycles. The Balaban J connectivity index is 2.07. The fourth-order valence-corrected chi connectivity index (χ4v) is 2.93. The summed E-state index contributed by atoms with van der Waals surface area (Å²) in [5.41, 5.74) is 1.95. The molecule has 1 amide bonds. The molecule has 5 heteroatoms. The van der Waals surface area contributed by atoms with Crippen LogP contribution in [0.25, 0.3) is 0 Å². The van der Waals surface area contributed by atoms with Gasteiger partial charge in [-0.2, -0.15) is 0 Å². The maximum Gasteiger partial charge on any atom is 0.280 e. The van der Waals surface area contributed by atoms with E-state index >= 15 is 0 Å². The van der Waals surface area contributed by atoms with E-state index in [1.54, 1.807) is 11.0 Å². The van der Waals surface area contributed by atoms with E-state index in [0.29, 0.717) is 12.5 Å². The van der Waals surface area contributed by atoms with Crippen LogP contribution in [0.5, 0.6) is 5.75 Å². The summed E-state index contributed by atoms with van der Waals surface area (Å²) in [7, 11) is 2.03. The van der Waals surface area contributed by atoms with Crippen LogP contribution in [-0.2, 0) is 0 Å². The second-order valence-corrected chi connectivity index (χ2v) is 5.76. The molecule has 2 heterocycles. The Labute approximate surface area is 129 Å². The number of hydrogen-bond acceptors (Lipinski definition) is 4. The molecule has 0 saturated carbocycles. The zero-order valence-corrected chi connectivity index (χ0v) is 12.7. The Kier molecular flexibility index (Phi) is 3.71. The molecule has 1 aromatic heterocycles. The third-order valence-corrected chi connectivity index (χ3v) is 3.90. The fraction of sp³-hybridized carbons (Fsp3) is 0.294. The second kappa shape index (κ2) is 5.67. The van der Waals surface area contributed by atoms with Crippen molar-refractivity contribution in [3.63, 3.8) is 0 Å². The number of carbonyl (C=O) groups is 1. The van der Waals surface area contributed by atoms with Gasteiger partial charge in [-0.15, -0.1) is 0 Å². The molecular formula is C17H19N3O2. The lowest BCUT2D eigenvalue weighted by Gasteiger charge is -2.24. The van der Waals surface area contributed by atoms with Gasteiger partial charge >= 0.3 is 0 Å². The predicted octanol–water partition coefficient (Wildman–Crippen LogP) is 2.52. The molecule has 114 valence electrons. The van der Waals surface area contributed by atoms with Crippen LogP contribution in [0.3, 0.4) is 0 Å². The number of amides is 1. The SMILES string of the molecule is CC1CN(C)c2ccccc2N(C(=O)c2ncccc2O)C1. The van der Waals surface area contributed by atoms with Gasteiger partial charge in [0.25, 0.3) is 5.91 Å². The van der Waals surface area contributed by atoms with E-state index in [2.05, 4.69) is 16.8 Å². The van der Waals surface area contributed by atoms with Crippen LogP contribution >= 0.6 is 0 Å². The van der Waals surface area contributed by atoms with Crippen molar-refractivity contribution in [1.82, 2.24) is 4.98 Å². The quantitative estimate of drug-likeness (QED) is 0.879. The first kappa shape index (κ1) is 14.4. The molecule has 0 saturated heterocycles. The molecule has 1 aromatic carbocycles. The van der Waals surface area contributed by atoms with Crippen molar-refractivity contribution in [2.75, 3.05) is 29.9 Å². The molecule has 3 rings (SSSR count). The smallest absolute Gasteiger partial charge is 0.280 e. The number of benzene rings is 1. The van der Waals surface area contributed by atoms with Gasteiger partial charge in [0.05, 0.1) is 11.4 Å². The molecule has 0 spiro atoms. The molecule has 5 nitrogen and oxygen atoms in total. The number of fused-ring (bicyclic) bond motifs is 1. The highest BCUT2D eigenvalue weighted by molar-refractivity contribution is 6.08. The third kappa shape index (κ3) is 2.50. The monoisotopic (exact) mass is 297 g/mol. The normalized spacial score (nSPS) is 17.8. The average Bonchev–Trinajstić information content (AvgIpc) is 2.64. The first-order valence-electron chi connectivity index (χ1n) is 7.34. The first-order chi connectivity index (χ1) is 10.6. The molecular weight excluding hydrogens is 278 g/mol. The molecule has 0 bridgehead atoms. The molecule has 22 heavy (non-hydrogen) atoms. The summed E-state index contributed by atoms with van der Waals surface area (Å²) in [6, 6.07) is 10.9. The lowest BCUT2D eigenvalue weighted by atomic mass is 10.1. The molecule has 1 aliphatic heterocycles. The highest BCUT2D eigenvalue weighted by atomic mass is 16.3. The van der Waals surface area contributed by atoms with Gasteiger partial charge in [-0.3, -0.25) is 4.79 Å². The summed E-state index contributed by atoms with van der Waals surface area (Å²) in [5.74, 6) is -0.0462. The minimum atomic E-state index is -0.271. The number of rotatable bonds is 1. The number of carbonyl (C=O) groups excluding carboxylic acids is 1. The Morgan fingerprint density at radius 1 is 1.18 bits per heavy atom. The average molecular weight is 297 g/mol. The summed E-state index contributed by atoms with van der Waals surface area (Å²) in [4.78, 5) is 20.8. The van der Waals surface area contributed by atoms with Crippen molar-refractivity contribution in [2.45, 2.75) is 6.92 Å². The zero-order valence-electron chi connectivity index (χ0n) is 12.7. The third-order valence-electron chi connectivity index (χ3n) is 3.90. The van der Waals surface area contributed by atoms with E-state index in [4.69, 9.17) is 0 Å². The minimum Gasteiger partial charge on any atom is -0.505 e. The van der Waals surface area contributed by atoms with Crippen molar-refractivity contribution < 1.29 is 9.90 Å². The standard InChI is InChI=1S/C17H19N3O2/c1-12-10-19(2)13-6-3-4-7-14(13)20(11-12)17(22)16-15(21)8-5-9-18-16/h3-9,12,21H,10-11H2,1-2H3. The number of aromatic hydroxyl groups is 1. The summed E-state index contributed by atoms with van der Waals surface area (Å²) >= 11 is 0. The number of anilines is 2. The predicted molar refractivity (Wildman–Crippen MR) is 86.5 cm³/mol. The van der Waals surface area contributed by atoms with Gasteiger partial charge in [0.15, 0.2) is 5.69 Å². The van der Waals surface area contributed by atoms with Gasteiger partial charge in [-0.25, -0.2) is 4.98 Å². The minimum absolute atomic E-state index is 0.0877. The van der Waals surface area contributed by atoms with Gasteiger partial charge in [-0.1, -0.05) is 19.1 Å². The van der Waals surface area contributed by atoms with Gasteiger partial charge in [0, 0.05) is 26.3 Å². The topological polar surface area (TPSA) is 56.7 Å². The van der Waals surface area contributed by atoms with Crippen molar-refractivity contribution in [3.05, 3.63) is 48.3 Å². The lowest BCUT2D eigenvalue weighted by molar-refractivity contribution is 0.0976. The number of aromatic nitrogens is 1. The van der Waals surface area contributed by atoms with Gasteiger partial charge in [0.2, 0.25) is 0 Å². The van der Waals surface area contributed by atoms with Crippen LogP contribution in [0.15, 0.2) is 42.6 Å². The van der Waals surface area contributed by atoms with E-state index in [1.165, 1.54) is 12.3 Å². The molecule has 0 radical (unpaired) electrons. The fourth-order valence-electron chi connectivity index (χ4n) is 2.93. The Morgan fingerprint density at radius 3 is 2.64 bits per heavy atom. The van der Waals surface area contributed by atoms with Gasteiger partial charge < -0.3 is 14.9 Å². The van der Waals surface area contributed by atoms with Crippen molar-refractivity contribution in [3.8, 4) is 5.75 Å². The summed E-state index contributed by atoms with van der Waals surface area (Å²) in [5, 5.41) is 9.93. The molecule has 1 atom stereocenters. The number of nitrogens with zero attached hydrogens (tertiary/aromatic N) is 3. The number of hydrogen-bond donors (Lipinski definition) is 1. The largest absolute Gasteiger partial charge is 0.505 e. The van der Waals surface area contributed by atoms with Gasteiger partial charge in [-0.05, 0) is 30.2 Å². The van der Waals surface area contributed by atoms with E-state index in [-0.39, 0.29) is 17.4 Å². The van der Waals surface area contributed by atoms with Crippen LogP contribution in [0.4, 0.5) is 11.4 Å². The van der Waals surface area contributed by atoms with Crippen LogP contribution < -0.4 is 9.80 Å². The number of para-hydroxylation sites is 2. The van der Waals surface area contributed by atoms with Crippen LogP contribution in [-0.4, -0.2) is 36.1 Å². The van der Waals surface area contributed by atoms with Crippen molar-refractivity contribution in [1.29, 1.82) is 0 Å². The van der Waals surface area contributed by atoms with E-state index in [1.807, 2.05) is 31.3 Å². The maximum atomic E-state index is 12.9. The highest BCUT2D eigenvalue weighted by Gasteiger charge is 2.29. The van der Waals surface area contributed by atoms with Gasteiger partial charge in [0.1, 0.15) is 5.75 Å². The van der Waals surface area contributed by atoms with E-state index in [0.717, 1.165) is 17.9 Å². The Morgan fingerprint density at radius 2 is 1.91 bits per heavy atom. The van der Waals surface area contributed by atoms with Crippen LogP contribution in [0.1, 0.15) is 17.4 Å². The highest BCUT2D eigenvalue weighted by Crippen LogP contribution is 2.34. The van der Waals surface area contributed by atoms with E-state index in [9.17, 15) is 9.90 Å². The molecule has 2 aromatic rings. The maximum absolute atomic E-state index is 12.9. The zero-order chi connectivity index (χ0) is 15.7. The van der Waals surface area contributed by atoms with Crippen LogP contribution in [0, 0.1) is 5.92 Å². The second-order valence-electron chi connectivity index (χ2n) is 5.76. The molecule has 1 N–H and O–H groups in total. The van der Waals surface area contributed by atoms with E-state index < -0.39 is 0 Å². The van der Waals surface area contributed by atoms with Crippen molar-refractivity contribution >= 4 is 17.3 Å². The van der Waals surface area contributed by atoms with Crippen LogP contribution in [0.2, 0.25) is 0 Å². The number of pyridine rings is 1. The molecule has 1 unspecified atom stereocenters. The summed E-state index contributed by atoms with van der Waals surface area (Å²) in [6.45, 7) is 3.58. The summed E-state index contributed by atoms with van der Waals surface area (Å²) < 4.78 is 0. The summed E-state index contributed by atoms with van der Waals surface area (Å²) in [6.07, 6.45) is 1.52. The first-order valence-corrected chi connectivity index (χ1v) is 7.34.